The minimum absolute atomic E-state index is 0.0105. The number of rotatable bonds is 3. The molecule has 134 valence electrons. The zero-order chi connectivity index (χ0) is 18.6. The number of carbonyl (C=O) groups is 1. The Kier molecular flexibility index (Phi) is 4.21. The van der Waals surface area contributed by atoms with Crippen molar-refractivity contribution in [1.29, 1.82) is 0 Å². The van der Waals surface area contributed by atoms with Crippen molar-refractivity contribution in [3.05, 3.63) is 12.7 Å². The minimum atomic E-state index is -7.20. The monoisotopic (exact) mass is 366 g/mol. The van der Waals surface area contributed by atoms with Gasteiger partial charge >= 0.3 is 35.6 Å². The summed E-state index contributed by atoms with van der Waals surface area (Å²) in [6, 6.07) is 0. The first-order valence-corrected chi connectivity index (χ1v) is 5.36. The van der Waals surface area contributed by atoms with Gasteiger partial charge in [-0.2, -0.15) is 43.9 Å². The lowest BCUT2D eigenvalue weighted by Crippen LogP contribution is -2.79. The van der Waals surface area contributed by atoms with Crippen LogP contribution in [-0.4, -0.2) is 41.9 Å². The molecule has 0 spiro atoms. The molecule has 0 bridgehead atoms. The van der Waals surface area contributed by atoms with Crippen LogP contribution >= 0.6 is 0 Å². The van der Waals surface area contributed by atoms with E-state index >= 15 is 0 Å². The number of ether oxygens (including phenoxy) is 1. The highest BCUT2D eigenvalue weighted by molar-refractivity contribution is 5.81. The third-order valence-electron chi connectivity index (χ3n) is 3.06. The van der Waals surface area contributed by atoms with Gasteiger partial charge in [0.05, 0.1) is 0 Å². The first-order valence-electron chi connectivity index (χ1n) is 5.36. The van der Waals surface area contributed by atoms with E-state index in [2.05, 4.69) is 11.3 Å². The van der Waals surface area contributed by atoms with Gasteiger partial charge in [0.2, 0.25) is 0 Å². The highest BCUT2D eigenvalue weighted by Gasteiger charge is 2.96. The summed E-state index contributed by atoms with van der Waals surface area (Å²) in [4.78, 5) is 10.5. The standard InChI is InChI=1S/C10H5F11O2/c1-2-3(22)23-5(11)4-6(12,13)8(16,17)10(20,21)9(18,19)7(4,14)15/h2,4-5H,1H2. The summed E-state index contributed by atoms with van der Waals surface area (Å²) < 4.78 is 147. The Labute approximate surface area is 119 Å². The van der Waals surface area contributed by atoms with E-state index in [1.807, 2.05) is 0 Å². The molecule has 0 aromatic heterocycles. The molecule has 1 rings (SSSR count). The smallest absolute Gasteiger partial charge is 0.384 e. The van der Waals surface area contributed by atoms with Crippen molar-refractivity contribution in [2.45, 2.75) is 36.0 Å². The molecule has 0 aliphatic heterocycles. The summed E-state index contributed by atoms with van der Waals surface area (Å²) in [7, 11) is 0. The second-order valence-electron chi connectivity index (χ2n) is 4.44. The number of esters is 1. The fourth-order valence-electron chi connectivity index (χ4n) is 1.79. The van der Waals surface area contributed by atoms with Gasteiger partial charge in [-0.25, -0.2) is 9.18 Å². The molecule has 0 aromatic rings. The van der Waals surface area contributed by atoms with Crippen LogP contribution in [0.4, 0.5) is 48.3 Å². The molecule has 1 aliphatic carbocycles. The highest BCUT2D eigenvalue weighted by Crippen LogP contribution is 2.67. The van der Waals surface area contributed by atoms with Crippen LogP contribution < -0.4 is 0 Å². The molecule has 13 heteroatoms. The topological polar surface area (TPSA) is 26.3 Å². The maximum Gasteiger partial charge on any atom is 0.384 e. The van der Waals surface area contributed by atoms with Crippen molar-refractivity contribution in [2.24, 2.45) is 5.92 Å². The van der Waals surface area contributed by atoms with Crippen LogP contribution in [0.5, 0.6) is 0 Å². The number of halogens is 11. The molecular weight excluding hydrogens is 361 g/mol. The van der Waals surface area contributed by atoms with Gasteiger partial charge in [-0.05, 0) is 0 Å². The van der Waals surface area contributed by atoms with Crippen molar-refractivity contribution in [3.8, 4) is 0 Å². The molecule has 0 aromatic carbocycles. The van der Waals surface area contributed by atoms with Crippen molar-refractivity contribution in [3.63, 3.8) is 0 Å². The molecule has 0 heterocycles. The van der Waals surface area contributed by atoms with Crippen LogP contribution in [-0.2, 0) is 9.53 Å². The molecule has 0 radical (unpaired) electrons. The van der Waals surface area contributed by atoms with Gasteiger partial charge in [0.25, 0.3) is 6.36 Å². The lowest BCUT2D eigenvalue weighted by molar-refractivity contribution is -0.474. The second kappa shape index (κ2) is 4.97. The van der Waals surface area contributed by atoms with Crippen LogP contribution in [0.1, 0.15) is 0 Å². The lowest BCUT2D eigenvalue weighted by Gasteiger charge is -2.49. The Balaban J connectivity index is 3.55. The van der Waals surface area contributed by atoms with Crippen LogP contribution in [0.3, 0.4) is 0 Å². The van der Waals surface area contributed by atoms with Crippen LogP contribution in [0.15, 0.2) is 12.7 Å². The Morgan fingerprint density at radius 3 is 1.52 bits per heavy atom. The van der Waals surface area contributed by atoms with E-state index < -0.39 is 47.9 Å². The van der Waals surface area contributed by atoms with Gasteiger partial charge in [0.15, 0.2) is 5.92 Å². The van der Waals surface area contributed by atoms with E-state index in [4.69, 9.17) is 0 Å². The number of carbonyl (C=O) groups excluding carboxylic acids is 1. The first kappa shape index (κ1) is 19.5. The predicted molar refractivity (Wildman–Crippen MR) is 49.4 cm³/mol. The summed E-state index contributed by atoms with van der Waals surface area (Å²) in [5, 5.41) is 0. The lowest BCUT2D eigenvalue weighted by atomic mass is 9.74. The van der Waals surface area contributed by atoms with Crippen molar-refractivity contribution in [2.75, 3.05) is 0 Å². The zero-order valence-electron chi connectivity index (χ0n) is 10.4. The largest absolute Gasteiger partial charge is 0.427 e. The van der Waals surface area contributed by atoms with E-state index in [9.17, 15) is 53.1 Å². The molecule has 1 fully saturated rings. The van der Waals surface area contributed by atoms with E-state index in [1.54, 1.807) is 0 Å². The summed E-state index contributed by atoms with van der Waals surface area (Å²) in [6.45, 7) is 2.58. The van der Waals surface area contributed by atoms with Gasteiger partial charge in [0, 0.05) is 6.08 Å². The molecule has 1 aliphatic rings. The molecule has 0 N–H and O–H groups in total. The molecular formula is C10H5F11O2. The van der Waals surface area contributed by atoms with E-state index in [1.165, 1.54) is 0 Å². The maximum atomic E-state index is 13.3. The van der Waals surface area contributed by atoms with Crippen LogP contribution in [0.25, 0.3) is 0 Å². The molecule has 1 unspecified atom stereocenters. The minimum Gasteiger partial charge on any atom is -0.427 e. The molecule has 0 amide bonds. The first-order chi connectivity index (χ1) is 10.00. The van der Waals surface area contributed by atoms with E-state index in [0.29, 0.717) is 0 Å². The Morgan fingerprint density at radius 2 is 1.22 bits per heavy atom. The fourth-order valence-corrected chi connectivity index (χ4v) is 1.79. The number of hydrogen-bond donors (Lipinski definition) is 0. The quantitative estimate of drug-likeness (QED) is 0.431. The molecule has 1 saturated carbocycles. The fraction of sp³-hybridized carbons (Fsp3) is 0.700. The van der Waals surface area contributed by atoms with Gasteiger partial charge in [-0.3, -0.25) is 0 Å². The van der Waals surface area contributed by atoms with Crippen LogP contribution in [0, 0.1) is 5.92 Å². The summed E-state index contributed by atoms with van der Waals surface area (Å²) in [5.74, 6) is -41.8. The van der Waals surface area contributed by atoms with Crippen molar-refractivity contribution in [1.82, 2.24) is 0 Å². The Bertz CT molecular complexity index is 483. The SMILES string of the molecule is C=CC(=O)OC(F)C1C(F)(F)C(F)(F)C(F)(F)C(F)(F)C1(F)F. The average Bonchev–Trinajstić information content (AvgIpc) is 2.35. The normalized spacial score (nSPS) is 28.7. The van der Waals surface area contributed by atoms with Gasteiger partial charge in [-0.15, -0.1) is 0 Å². The summed E-state index contributed by atoms with van der Waals surface area (Å²) >= 11 is 0. The molecule has 0 saturated heterocycles. The van der Waals surface area contributed by atoms with Crippen molar-refractivity contribution < 1.29 is 57.8 Å². The molecule has 1 atom stereocenters. The van der Waals surface area contributed by atoms with E-state index in [-0.39, 0.29) is 6.08 Å². The zero-order valence-corrected chi connectivity index (χ0v) is 10.4. The second-order valence-corrected chi connectivity index (χ2v) is 4.44. The number of hydrogen-bond acceptors (Lipinski definition) is 2. The van der Waals surface area contributed by atoms with Crippen molar-refractivity contribution >= 4 is 5.97 Å². The predicted octanol–water partition coefficient (Wildman–Crippen LogP) is 3.82. The van der Waals surface area contributed by atoms with Crippen LogP contribution in [0.2, 0.25) is 0 Å². The Hall–Kier alpha value is -1.56. The van der Waals surface area contributed by atoms with Gasteiger partial charge < -0.3 is 4.74 Å². The summed E-state index contributed by atoms with van der Waals surface area (Å²) in [6.07, 6.45) is -4.44. The van der Waals surface area contributed by atoms with Gasteiger partial charge in [0.1, 0.15) is 0 Å². The molecule has 23 heavy (non-hydrogen) atoms. The maximum absolute atomic E-state index is 13.3. The molecule has 2 nitrogen and oxygen atoms in total. The summed E-state index contributed by atoms with van der Waals surface area (Å²) in [5.41, 5.74) is 0. The highest BCUT2D eigenvalue weighted by atomic mass is 19.4. The third-order valence-corrected chi connectivity index (χ3v) is 3.06. The average molecular weight is 366 g/mol. The Morgan fingerprint density at radius 1 is 0.870 bits per heavy atom. The van der Waals surface area contributed by atoms with E-state index in [0.717, 1.165) is 0 Å². The third kappa shape index (κ3) is 2.18. The number of alkyl halides is 11. The van der Waals surface area contributed by atoms with Gasteiger partial charge in [-0.1, -0.05) is 6.58 Å².